The number of hydrogen-bond donors (Lipinski definition) is 1. The van der Waals surface area contributed by atoms with Gasteiger partial charge in [-0.2, -0.15) is 0 Å². The lowest BCUT2D eigenvalue weighted by atomic mass is 10.2. The van der Waals surface area contributed by atoms with Gasteiger partial charge < -0.3 is 9.84 Å². The van der Waals surface area contributed by atoms with E-state index in [1.807, 2.05) is 35.3 Å². The zero-order valence-corrected chi connectivity index (χ0v) is 15.8. The molecule has 0 saturated carbocycles. The van der Waals surface area contributed by atoms with Gasteiger partial charge in [0.05, 0.1) is 6.20 Å². The first-order chi connectivity index (χ1) is 11.2. The molecule has 0 radical (unpaired) electrons. The predicted octanol–water partition coefficient (Wildman–Crippen LogP) is 3.89. The molecule has 2 aromatic heterocycles. The summed E-state index contributed by atoms with van der Waals surface area (Å²) in [6.45, 7) is 1.19. The maximum atomic E-state index is 9.77. The highest BCUT2D eigenvalue weighted by Gasteiger charge is 2.22. The average Bonchev–Trinajstić information content (AvgIpc) is 2.99. The van der Waals surface area contributed by atoms with Gasteiger partial charge in [0.2, 0.25) is 0 Å². The van der Waals surface area contributed by atoms with Gasteiger partial charge in [0, 0.05) is 24.5 Å². The Morgan fingerprint density at radius 2 is 2.04 bits per heavy atom. The Bertz CT molecular complexity index is 686. The number of aliphatic hydroxyl groups excluding tert-OH is 1. The molecular formula is C17H20Cl3N3O2. The van der Waals surface area contributed by atoms with E-state index in [2.05, 4.69) is 9.97 Å². The first kappa shape index (κ1) is 21.7. The van der Waals surface area contributed by atoms with Crippen LogP contribution in [-0.2, 0) is 0 Å². The molecule has 1 N–H and O–H groups in total. The van der Waals surface area contributed by atoms with Crippen molar-refractivity contribution in [3.8, 4) is 5.75 Å². The molecule has 0 amide bonds. The standard InChI is InChI=1S/C17H18ClN3O2.2ClH/c18-17-14(4-3-13-5-7-19-8-6-13)10-15(11-20-17)23-12-21-9-1-2-16(21)22;;/h3-8,10-11,16,22H,1-2,9,12H2;2*1H/t16-;;/m0../s1. The molecular weight excluding hydrogens is 385 g/mol. The van der Waals surface area contributed by atoms with E-state index in [4.69, 9.17) is 16.3 Å². The fourth-order valence-corrected chi connectivity index (χ4v) is 2.58. The van der Waals surface area contributed by atoms with Crippen molar-refractivity contribution in [2.75, 3.05) is 13.3 Å². The number of hydrogen-bond acceptors (Lipinski definition) is 5. The molecule has 1 atom stereocenters. The molecule has 0 aliphatic carbocycles. The lowest BCUT2D eigenvalue weighted by Crippen LogP contribution is -2.32. The molecule has 0 unspecified atom stereocenters. The maximum Gasteiger partial charge on any atom is 0.144 e. The highest BCUT2D eigenvalue weighted by molar-refractivity contribution is 6.31. The van der Waals surface area contributed by atoms with Crippen LogP contribution in [0.4, 0.5) is 0 Å². The third kappa shape index (κ3) is 6.13. The summed E-state index contributed by atoms with van der Waals surface area (Å²) in [6, 6.07) is 5.66. The molecule has 5 nitrogen and oxygen atoms in total. The third-order valence-electron chi connectivity index (χ3n) is 3.73. The smallest absolute Gasteiger partial charge is 0.144 e. The van der Waals surface area contributed by atoms with Gasteiger partial charge >= 0.3 is 0 Å². The van der Waals surface area contributed by atoms with E-state index < -0.39 is 6.23 Å². The van der Waals surface area contributed by atoms with Crippen molar-refractivity contribution in [3.63, 3.8) is 0 Å². The summed E-state index contributed by atoms with van der Waals surface area (Å²) in [5.41, 5.74) is 1.81. The van der Waals surface area contributed by atoms with E-state index in [0.717, 1.165) is 30.5 Å². The Morgan fingerprint density at radius 3 is 2.72 bits per heavy atom. The zero-order valence-electron chi connectivity index (χ0n) is 13.4. The van der Waals surface area contributed by atoms with E-state index in [1.54, 1.807) is 18.6 Å². The quantitative estimate of drug-likeness (QED) is 0.766. The Kier molecular flexibility index (Phi) is 9.17. The highest BCUT2D eigenvalue weighted by Crippen LogP contribution is 2.22. The summed E-state index contributed by atoms with van der Waals surface area (Å²) in [7, 11) is 0. The number of likely N-dealkylation sites (tertiary alicyclic amines) is 1. The number of halogens is 3. The molecule has 1 saturated heterocycles. The molecule has 0 aromatic carbocycles. The lowest BCUT2D eigenvalue weighted by Gasteiger charge is -2.20. The largest absolute Gasteiger partial charge is 0.476 e. The number of aromatic nitrogens is 2. The summed E-state index contributed by atoms with van der Waals surface area (Å²) in [6.07, 6.45) is 10.3. The van der Waals surface area contributed by atoms with Crippen molar-refractivity contribution >= 4 is 48.6 Å². The molecule has 0 bridgehead atoms. The van der Waals surface area contributed by atoms with Crippen LogP contribution in [0.2, 0.25) is 5.15 Å². The molecule has 25 heavy (non-hydrogen) atoms. The SMILES string of the molecule is Cl.Cl.O[C@H]1CCCN1COc1cnc(Cl)c(C=Cc2ccncc2)c1. The van der Waals surface area contributed by atoms with Gasteiger partial charge in [0.15, 0.2) is 0 Å². The van der Waals surface area contributed by atoms with Gasteiger partial charge in [0.1, 0.15) is 23.9 Å². The number of ether oxygens (including phenoxy) is 1. The highest BCUT2D eigenvalue weighted by atomic mass is 35.5. The summed E-state index contributed by atoms with van der Waals surface area (Å²) >= 11 is 6.13. The maximum absolute atomic E-state index is 9.77. The predicted molar refractivity (Wildman–Crippen MR) is 104 cm³/mol. The number of pyridine rings is 2. The molecule has 8 heteroatoms. The van der Waals surface area contributed by atoms with Crippen molar-refractivity contribution in [1.29, 1.82) is 0 Å². The zero-order chi connectivity index (χ0) is 16.1. The van der Waals surface area contributed by atoms with E-state index >= 15 is 0 Å². The van der Waals surface area contributed by atoms with Crippen LogP contribution in [0.15, 0.2) is 36.8 Å². The van der Waals surface area contributed by atoms with Crippen LogP contribution in [-0.4, -0.2) is 39.5 Å². The molecule has 3 heterocycles. The van der Waals surface area contributed by atoms with Crippen LogP contribution in [0.25, 0.3) is 12.2 Å². The van der Waals surface area contributed by atoms with Gasteiger partial charge in [0.25, 0.3) is 0 Å². The number of aliphatic hydroxyl groups is 1. The normalized spacial score (nSPS) is 17.1. The molecule has 1 aliphatic heterocycles. The van der Waals surface area contributed by atoms with Crippen LogP contribution in [0.3, 0.4) is 0 Å². The fourth-order valence-electron chi connectivity index (χ4n) is 2.42. The summed E-state index contributed by atoms with van der Waals surface area (Å²) < 4.78 is 5.71. The summed E-state index contributed by atoms with van der Waals surface area (Å²) in [4.78, 5) is 10.0. The van der Waals surface area contributed by atoms with Crippen molar-refractivity contribution in [3.05, 3.63) is 53.1 Å². The molecule has 1 aliphatic rings. The molecule has 1 fully saturated rings. The monoisotopic (exact) mass is 403 g/mol. The van der Waals surface area contributed by atoms with Crippen molar-refractivity contribution in [1.82, 2.24) is 14.9 Å². The second-order valence-electron chi connectivity index (χ2n) is 5.37. The number of nitrogens with zero attached hydrogens (tertiary/aromatic N) is 3. The van der Waals surface area contributed by atoms with Crippen LogP contribution in [0, 0.1) is 0 Å². The Labute approximate surface area is 164 Å². The van der Waals surface area contributed by atoms with Crippen LogP contribution >= 0.6 is 36.4 Å². The molecule has 0 spiro atoms. The minimum Gasteiger partial charge on any atom is -0.476 e. The van der Waals surface area contributed by atoms with Crippen molar-refractivity contribution in [2.45, 2.75) is 19.1 Å². The summed E-state index contributed by atoms with van der Waals surface area (Å²) in [5, 5.41) is 10.2. The minimum absolute atomic E-state index is 0. The third-order valence-corrected chi connectivity index (χ3v) is 4.04. The van der Waals surface area contributed by atoms with Gasteiger partial charge in [-0.25, -0.2) is 9.88 Å². The van der Waals surface area contributed by atoms with Gasteiger partial charge in [-0.05, 0) is 36.6 Å². The second kappa shape index (κ2) is 10.6. The first-order valence-electron chi connectivity index (χ1n) is 7.51. The van der Waals surface area contributed by atoms with Gasteiger partial charge in [-0.15, -0.1) is 24.8 Å². The van der Waals surface area contributed by atoms with Crippen LogP contribution in [0.1, 0.15) is 24.0 Å². The number of rotatable bonds is 5. The van der Waals surface area contributed by atoms with Crippen LogP contribution < -0.4 is 4.74 Å². The lowest BCUT2D eigenvalue weighted by molar-refractivity contribution is -0.00702. The van der Waals surface area contributed by atoms with Crippen molar-refractivity contribution in [2.24, 2.45) is 0 Å². The van der Waals surface area contributed by atoms with E-state index in [9.17, 15) is 5.11 Å². The topological polar surface area (TPSA) is 58.5 Å². The van der Waals surface area contributed by atoms with E-state index in [1.165, 1.54) is 0 Å². The Balaban J connectivity index is 0.00000156. The molecule has 2 aromatic rings. The van der Waals surface area contributed by atoms with E-state index in [0.29, 0.717) is 17.6 Å². The molecule has 3 rings (SSSR count). The molecule has 136 valence electrons. The van der Waals surface area contributed by atoms with Crippen LogP contribution in [0.5, 0.6) is 5.75 Å². The Hall–Kier alpha value is -1.37. The second-order valence-corrected chi connectivity index (χ2v) is 5.73. The summed E-state index contributed by atoms with van der Waals surface area (Å²) in [5.74, 6) is 0.628. The van der Waals surface area contributed by atoms with Gasteiger partial charge in [-0.3, -0.25) is 4.98 Å². The minimum atomic E-state index is -0.415. The first-order valence-corrected chi connectivity index (χ1v) is 7.89. The fraction of sp³-hybridized carbons (Fsp3) is 0.294. The van der Waals surface area contributed by atoms with Crippen molar-refractivity contribution < 1.29 is 9.84 Å². The Morgan fingerprint density at radius 1 is 1.28 bits per heavy atom. The van der Waals surface area contributed by atoms with E-state index in [-0.39, 0.29) is 24.8 Å². The average molecular weight is 405 g/mol. The van der Waals surface area contributed by atoms with Gasteiger partial charge in [-0.1, -0.05) is 23.8 Å².